The van der Waals surface area contributed by atoms with Gasteiger partial charge < -0.3 is 18.9 Å². The zero-order valence-electron chi connectivity index (χ0n) is 19.8. The lowest BCUT2D eigenvalue weighted by atomic mass is 10.0. The molecule has 2 atom stereocenters. The Hall–Kier alpha value is -1.58. The molecule has 0 saturated heterocycles. The monoisotopic (exact) mass is 426 g/mol. The number of ether oxygens (including phenoxy) is 4. The number of carbonyl (C=O) groups is 2. The van der Waals surface area contributed by atoms with Gasteiger partial charge in [-0.25, -0.2) is 0 Å². The molecule has 30 heavy (non-hydrogen) atoms. The van der Waals surface area contributed by atoms with E-state index in [1.165, 1.54) is 0 Å². The van der Waals surface area contributed by atoms with Gasteiger partial charge in [-0.3, -0.25) is 9.59 Å². The molecule has 6 heteroatoms. The van der Waals surface area contributed by atoms with E-state index >= 15 is 0 Å². The van der Waals surface area contributed by atoms with Crippen molar-refractivity contribution in [1.82, 2.24) is 0 Å². The molecule has 0 heterocycles. The van der Waals surface area contributed by atoms with Crippen LogP contribution in [0.5, 0.6) is 0 Å². The third kappa shape index (κ3) is 13.6. The quantitative estimate of drug-likeness (QED) is 0.117. The van der Waals surface area contributed by atoms with Crippen LogP contribution in [0.2, 0.25) is 0 Å². The van der Waals surface area contributed by atoms with Gasteiger partial charge in [0, 0.05) is 19.6 Å². The predicted molar refractivity (Wildman–Crippen MR) is 118 cm³/mol. The van der Waals surface area contributed by atoms with E-state index in [2.05, 4.69) is 11.8 Å². The van der Waals surface area contributed by atoms with Crippen LogP contribution in [-0.4, -0.2) is 44.7 Å². The van der Waals surface area contributed by atoms with E-state index in [0.29, 0.717) is 45.7 Å². The van der Waals surface area contributed by atoms with Gasteiger partial charge in [-0.15, -0.1) is 0 Å². The first kappa shape index (κ1) is 28.4. The fraction of sp³-hybridized carbons (Fsp3) is 0.833. The molecule has 0 saturated carbocycles. The molecule has 0 amide bonds. The summed E-state index contributed by atoms with van der Waals surface area (Å²) in [5, 5.41) is 0. The highest BCUT2D eigenvalue weighted by Crippen LogP contribution is 2.16. The lowest BCUT2D eigenvalue weighted by molar-refractivity contribution is -0.164. The van der Waals surface area contributed by atoms with Crippen LogP contribution in [-0.2, 0) is 28.5 Å². The molecule has 0 aliphatic carbocycles. The van der Waals surface area contributed by atoms with Crippen LogP contribution in [0.4, 0.5) is 0 Å². The molecule has 0 fully saturated rings. The third-order valence-corrected chi connectivity index (χ3v) is 4.88. The molecule has 0 N–H and O–H groups in total. The van der Waals surface area contributed by atoms with Crippen molar-refractivity contribution in [2.45, 2.75) is 86.4 Å². The number of unbranched alkanes of at least 4 members (excludes halogenated alkanes) is 2. The standard InChI is InChI=1S/C24H42O6/c1-7-19(5)17-29-23(25)21(24(26)30-18-20(6)8-2)15-13-11-12-14-16-22(27-9-3)28-10-4/h19-22H,7-13,15,17-18H2,1-6H3. The second kappa shape index (κ2) is 18.2. The molecule has 0 aliphatic heterocycles. The zero-order valence-corrected chi connectivity index (χ0v) is 19.8. The first-order valence-electron chi connectivity index (χ1n) is 11.4. The minimum absolute atomic E-state index is 0.268. The molecule has 6 nitrogen and oxygen atoms in total. The van der Waals surface area contributed by atoms with E-state index in [1.807, 2.05) is 41.5 Å². The van der Waals surface area contributed by atoms with Crippen LogP contribution in [0.25, 0.3) is 0 Å². The molecule has 0 aromatic carbocycles. The van der Waals surface area contributed by atoms with Crippen LogP contribution in [0.3, 0.4) is 0 Å². The highest BCUT2D eigenvalue weighted by molar-refractivity contribution is 5.94. The van der Waals surface area contributed by atoms with Gasteiger partial charge in [-0.05, 0) is 44.4 Å². The Balaban J connectivity index is 4.65. The van der Waals surface area contributed by atoms with Crippen molar-refractivity contribution in [3.8, 4) is 11.8 Å². The number of hydrogen-bond acceptors (Lipinski definition) is 6. The number of esters is 2. The van der Waals surface area contributed by atoms with Gasteiger partial charge >= 0.3 is 11.9 Å². The lowest BCUT2D eigenvalue weighted by Gasteiger charge is -2.18. The molecular weight excluding hydrogens is 384 g/mol. The van der Waals surface area contributed by atoms with E-state index in [4.69, 9.17) is 18.9 Å². The van der Waals surface area contributed by atoms with Gasteiger partial charge in [0.05, 0.1) is 13.2 Å². The number of carbonyl (C=O) groups excluding carboxylic acids is 2. The molecule has 0 aromatic rings. The SMILES string of the molecule is CCOC(C#CCCCCC(C(=O)OCC(C)CC)C(=O)OCC(C)CC)OCC. The Morgan fingerprint density at radius 2 is 1.30 bits per heavy atom. The van der Waals surface area contributed by atoms with Crippen LogP contribution < -0.4 is 0 Å². The first-order valence-corrected chi connectivity index (χ1v) is 11.4. The normalized spacial score (nSPS) is 13.8. The van der Waals surface area contributed by atoms with Gasteiger partial charge in [0.25, 0.3) is 0 Å². The van der Waals surface area contributed by atoms with E-state index < -0.39 is 24.1 Å². The summed E-state index contributed by atoms with van der Waals surface area (Å²) in [6, 6.07) is 0. The van der Waals surface area contributed by atoms with Crippen molar-refractivity contribution in [2.75, 3.05) is 26.4 Å². The van der Waals surface area contributed by atoms with Gasteiger partial charge in [0.15, 0.2) is 5.92 Å². The summed E-state index contributed by atoms with van der Waals surface area (Å²) in [4.78, 5) is 25.0. The second-order valence-electron chi connectivity index (χ2n) is 7.65. The maximum Gasteiger partial charge on any atom is 0.320 e. The van der Waals surface area contributed by atoms with Crippen molar-refractivity contribution in [1.29, 1.82) is 0 Å². The van der Waals surface area contributed by atoms with Crippen molar-refractivity contribution in [3.05, 3.63) is 0 Å². The summed E-state index contributed by atoms with van der Waals surface area (Å²) in [6.07, 6.45) is 3.84. The third-order valence-electron chi connectivity index (χ3n) is 4.88. The van der Waals surface area contributed by atoms with Crippen LogP contribution >= 0.6 is 0 Å². The van der Waals surface area contributed by atoms with Gasteiger partial charge in [-0.2, -0.15) is 0 Å². The first-order chi connectivity index (χ1) is 14.4. The summed E-state index contributed by atoms with van der Waals surface area (Å²) in [5.74, 6) is 4.71. The second-order valence-corrected chi connectivity index (χ2v) is 7.65. The highest BCUT2D eigenvalue weighted by Gasteiger charge is 2.29. The molecule has 0 aromatic heterocycles. The topological polar surface area (TPSA) is 71.1 Å². The predicted octanol–water partition coefficient (Wildman–Crippen LogP) is 4.74. The minimum atomic E-state index is -0.870. The van der Waals surface area contributed by atoms with E-state index in [-0.39, 0.29) is 11.8 Å². The summed E-state index contributed by atoms with van der Waals surface area (Å²) >= 11 is 0. The molecule has 0 radical (unpaired) electrons. The maximum atomic E-state index is 12.5. The number of hydrogen-bond donors (Lipinski definition) is 0. The zero-order chi connectivity index (χ0) is 22.8. The van der Waals surface area contributed by atoms with Crippen LogP contribution in [0.1, 0.15) is 80.1 Å². The molecule has 0 aliphatic rings. The van der Waals surface area contributed by atoms with Crippen molar-refractivity contribution in [2.24, 2.45) is 17.8 Å². The van der Waals surface area contributed by atoms with Crippen molar-refractivity contribution >= 4 is 11.9 Å². The average Bonchev–Trinajstić information content (AvgIpc) is 2.74. The minimum Gasteiger partial charge on any atom is -0.465 e. The number of rotatable bonds is 16. The Morgan fingerprint density at radius 1 is 0.800 bits per heavy atom. The largest absolute Gasteiger partial charge is 0.465 e. The molecule has 174 valence electrons. The molecular formula is C24H42O6. The summed E-state index contributed by atoms with van der Waals surface area (Å²) in [5.41, 5.74) is 0. The molecule has 0 spiro atoms. The fourth-order valence-electron chi connectivity index (χ4n) is 2.37. The molecule has 0 rings (SSSR count). The Kier molecular flexibility index (Phi) is 17.3. The van der Waals surface area contributed by atoms with Crippen molar-refractivity contribution < 1.29 is 28.5 Å². The van der Waals surface area contributed by atoms with Gasteiger partial charge in [0.1, 0.15) is 0 Å². The lowest BCUT2D eigenvalue weighted by Crippen LogP contribution is -2.30. The maximum absolute atomic E-state index is 12.5. The smallest absolute Gasteiger partial charge is 0.320 e. The Labute approximate surface area is 183 Å². The van der Waals surface area contributed by atoms with E-state index in [0.717, 1.165) is 19.3 Å². The van der Waals surface area contributed by atoms with Crippen LogP contribution in [0.15, 0.2) is 0 Å². The average molecular weight is 427 g/mol. The van der Waals surface area contributed by atoms with Gasteiger partial charge in [0.2, 0.25) is 6.29 Å². The fourth-order valence-corrected chi connectivity index (χ4v) is 2.37. The Bertz CT molecular complexity index is 490. The Morgan fingerprint density at radius 3 is 1.73 bits per heavy atom. The molecule has 2 unspecified atom stereocenters. The van der Waals surface area contributed by atoms with Crippen molar-refractivity contribution in [3.63, 3.8) is 0 Å². The highest BCUT2D eigenvalue weighted by atomic mass is 16.7. The van der Waals surface area contributed by atoms with Crippen LogP contribution in [0, 0.1) is 29.6 Å². The summed E-state index contributed by atoms with van der Waals surface area (Å²) in [7, 11) is 0. The van der Waals surface area contributed by atoms with Gasteiger partial charge in [-0.1, -0.05) is 52.9 Å². The van der Waals surface area contributed by atoms with E-state index in [9.17, 15) is 9.59 Å². The van der Waals surface area contributed by atoms with E-state index in [1.54, 1.807) is 0 Å². The summed E-state index contributed by atoms with van der Waals surface area (Å²) < 4.78 is 21.5. The molecule has 0 bridgehead atoms. The summed E-state index contributed by atoms with van der Waals surface area (Å²) in [6.45, 7) is 13.6.